The van der Waals surface area contributed by atoms with Gasteiger partial charge in [0.1, 0.15) is 0 Å². The summed E-state index contributed by atoms with van der Waals surface area (Å²) in [6.07, 6.45) is -17.9. The van der Waals surface area contributed by atoms with Crippen LogP contribution in [0.1, 0.15) is 19.3 Å². The zero-order valence-electron chi connectivity index (χ0n) is 19.3. The van der Waals surface area contributed by atoms with Gasteiger partial charge >= 0.3 is 77.4 Å². The van der Waals surface area contributed by atoms with Crippen LogP contribution >= 0.6 is 0 Å². The molecule has 25 heteroatoms. The van der Waals surface area contributed by atoms with E-state index >= 15 is 0 Å². The summed E-state index contributed by atoms with van der Waals surface area (Å²) in [7, 11) is 0. The molecular weight excluding hydrogens is 649 g/mol. The average molecular weight is 660 g/mol. The quantitative estimate of drug-likeness (QED) is 0.171. The summed E-state index contributed by atoms with van der Waals surface area (Å²) in [5, 5.41) is 12.0. The van der Waals surface area contributed by atoms with Gasteiger partial charge in [-0.25, -0.2) is 0 Å². The number of carbonyl (C=O) groups excluding carboxylic acids is 3. The molecule has 2 N–H and O–H groups in total. The van der Waals surface area contributed by atoms with Gasteiger partial charge in [0, 0.05) is 6.54 Å². The molecule has 0 radical (unpaired) electrons. The molecule has 0 aromatic carbocycles. The van der Waals surface area contributed by atoms with E-state index in [4.69, 9.17) is 0 Å². The number of hydrogen-bond acceptors (Lipinski definition) is 4. The smallest absolute Gasteiger partial charge is 0.548 e. The second-order valence-electron chi connectivity index (χ2n) is 7.54. The van der Waals surface area contributed by atoms with Crippen LogP contribution in [0.2, 0.25) is 0 Å². The topological polar surface area (TPSA) is 98.3 Å². The molecule has 0 aromatic heterocycles. The first kappa shape index (κ1) is 41.3. The maximum Gasteiger partial charge on any atom is 1.00 e. The molecule has 2 amide bonds. The van der Waals surface area contributed by atoms with Crippen molar-refractivity contribution in [3.63, 3.8) is 0 Å². The largest absolute Gasteiger partial charge is 1.00 e. The van der Waals surface area contributed by atoms with E-state index < -0.39 is 97.5 Å². The van der Waals surface area contributed by atoms with E-state index in [0.29, 0.717) is 5.32 Å². The Kier molecular flexibility index (Phi) is 12.9. The summed E-state index contributed by atoms with van der Waals surface area (Å²) in [5.74, 6) is -53.2. The van der Waals surface area contributed by atoms with E-state index in [2.05, 4.69) is 0 Å². The van der Waals surface area contributed by atoms with Crippen molar-refractivity contribution in [1.29, 1.82) is 0 Å². The first-order valence-electron chi connectivity index (χ1n) is 9.56. The minimum atomic E-state index is -7.53. The van der Waals surface area contributed by atoms with Crippen LogP contribution in [0, 0.1) is 0 Å². The fraction of sp³-hybridized carbons (Fsp3) is 0.812. The average Bonchev–Trinajstić information content (AvgIpc) is 2.75. The monoisotopic (exact) mass is 660 g/mol. The van der Waals surface area contributed by atoms with Crippen molar-refractivity contribution < 1.29 is 128 Å². The van der Waals surface area contributed by atoms with Crippen molar-refractivity contribution in [3.8, 4) is 0 Å². The van der Waals surface area contributed by atoms with Gasteiger partial charge < -0.3 is 20.5 Å². The van der Waals surface area contributed by atoms with Crippen molar-refractivity contribution in [2.24, 2.45) is 0 Å². The first-order valence-corrected chi connectivity index (χ1v) is 9.56. The van der Waals surface area contributed by atoms with E-state index in [0.717, 1.165) is 5.32 Å². The van der Waals surface area contributed by atoms with Gasteiger partial charge in [0.2, 0.25) is 0 Å². The Morgan fingerprint density at radius 3 is 1.22 bits per heavy atom. The maximum atomic E-state index is 13.5. The number of nitrogens with one attached hydrogen (secondary N) is 2. The van der Waals surface area contributed by atoms with E-state index in [9.17, 15) is 98.5 Å². The van der Waals surface area contributed by atoms with Crippen LogP contribution in [-0.2, 0) is 14.4 Å². The molecule has 0 aromatic rings. The first-order chi connectivity index (χ1) is 17.4. The summed E-state index contributed by atoms with van der Waals surface area (Å²) < 4.78 is 230. The fourth-order valence-corrected chi connectivity index (χ4v) is 2.32. The van der Waals surface area contributed by atoms with Crippen LogP contribution < -0.4 is 45.3 Å². The van der Waals surface area contributed by atoms with Crippen molar-refractivity contribution >= 4 is 17.8 Å². The Balaban J connectivity index is 0. The fourth-order valence-electron chi connectivity index (χ4n) is 2.32. The molecule has 0 saturated heterocycles. The SMILES string of the molecule is O=C([O-])C(CCCCNC(=O)C(F)(F)C(F)(F)C(F)(F)C(F)(F)F)NC(=O)C(F)(F)C(F)(F)C(F)(F)C(F)(F)F.[Na+]. The number of unbranched alkanes of at least 4 members (excludes halogenated alkanes) is 1. The van der Waals surface area contributed by atoms with Crippen LogP contribution in [0.5, 0.6) is 0 Å². The normalized spacial score (nSPS) is 15.1. The van der Waals surface area contributed by atoms with Gasteiger partial charge in [-0.1, -0.05) is 0 Å². The van der Waals surface area contributed by atoms with E-state index in [1.165, 1.54) is 0 Å². The van der Waals surface area contributed by atoms with Crippen molar-refractivity contribution in [1.82, 2.24) is 10.6 Å². The number of hydrogen-bond donors (Lipinski definition) is 2. The second kappa shape index (κ2) is 12.8. The van der Waals surface area contributed by atoms with Crippen molar-refractivity contribution in [2.75, 3.05) is 6.54 Å². The molecule has 0 aliphatic heterocycles. The Labute approximate surface area is 236 Å². The third-order valence-electron chi connectivity index (χ3n) is 4.65. The molecule has 0 fully saturated rings. The summed E-state index contributed by atoms with van der Waals surface area (Å²) in [6, 6.07) is -2.92. The number of carboxylic acids is 1. The maximum absolute atomic E-state index is 13.5. The zero-order chi connectivity index (χ0) is 32.6. The Morgan fingerprint density at radius 2 is 0.902 bits per heavy atom. The molecule has 0 aliphatic rings. The molecule has 1 unspecified atom stereocenters. The number of carbonyl (C=O) groups is 3. The number of alkyl halides is 18. The molecule has 6 nitrogen and oxygen atoms in total. The van der Waals surface area contributed by atoms with Crippen LogP contribution in [-0.4, -0.2) is 78.3 Å². The molecule has 0 aliphatic carbocycles. The molecule has 0 rings (SSSR count). The standard InChI is InChI=1S/C16H12F18N2O4.Na/c17-9(18,11(21,22)13(25,26)15(29,30)31)7(39)35-4-2-1-3-5(6(37)38)36-8(40)10(19,20)12(23,24)14(27,28)16(32,33)34;/h5H,1-4H2,(H,35,39)(H,36,40)(H,37,38);/q;+1/p-1. The molecule has 1 atom stereocenters. The number of carboxylic acid groups (broad SMARTS) is 1. The van der Waals surface area contributed by atoms with E-state index in [1.807, 2.05) is 0 Å². The Hall–Kier alpha value is -1.85. The summed E-state index contributed by atoms with van der Waals surface area (Å²) in [4.78, 5) is 33.2. The van der Waals surface area contributed by atoms with Gasteiger partial charge in [-0.15, -0.1) is 0 Å². The third-order valence-corrected chi connectivity index (χ3v) is 4.65. The zero-order valence-corrected chi connectivity index (χ0v) is 21.3. The van der Waals surface area contributed by atoms with Crippen LogP contribution in [0.4, 0.5) is 79.0 Å². The summed E-state index contributed by atoms with van der Waals surface area (Å²) in [6.45, 7) is -1.39. The number of amides is 2. The molecule has 0 saturated carbocycles. The molecule has 0 heterocycles. The molecule has 0 spiro atoms. The van der Waals surface area contributed by atoms with E-state index in [-0.39, 0.29) is 29.6 Å². The van der Waals surface area contributed by atoms with E-state index in [1.54, 1.807) is 0 Å². The van der Waals surface area contributed by atoms with Gasteiger partial charge in [0.15, 0.2) is 0 Å². The van der Waals surface area contributed by atoms with Crippen LogP contribution in [0.25, 0.3) is 0 Å². The predicted molar refractivity (Wildman–Crippen MR) is 85.6 cm³/mol. The van der Waals surface area contributed by atoms with Gasteiger partial charge in [-0.05, 0) is 19.3 Å². The Bertz CT molecular complexity index is 950. The summed E-state index contributed by atoms with van der Waals surface area (Å²) >= 11 is 0. The van der Waals surface area contributed by atoms with Gasteiger partial charge in [0.25, 0.3) is 11.8 Å². The summed E-state index contributed by atoms with van der Waals surface area (Å²) in [5.41, 5.74) is 0. The van der Waals surface area contributed by atoms with Crippen LogP contribution in [0.15, 0.2) is 0 Å². The number of aliphatic carboxylic acids is 1. The van der Waals surface area contributed by atoms with Crippen molar-refractivity contribution in [2.45, 2.75) is 73.2 Å². The minimum absolute atomic E-state index is 0. The molecule has 236 valence electrons. The van der Waals surface area contributed by atoms with Gasteiger partial charge in [0.05, 0.1) is 12.0 Å². The molecule has 0 bridgehead atoms. The third kappa shape index (κ3) is 7.76. The number of rotatable bonds is 13. The Morgan fingerprint density at radius 1 is 0.561 bits per heavy atom. The van der Waals surface area contributed by atoms with Gasteiger partial charge in [-0.3, -0.25) is 9.59 Å². The van der Waals surface area contributed by atoms with Crippen molar-refractivity contribution in [3.05, 3.63) is 0 Å². The van der Waals surface area contributed by atoms with Crippen LogP contribution in [0.3, 0.4) is 0 Å². The number of halogens is 18. The molecule has 41 heavy (non-hydrogen) atoms. The molecular formula is C16H11F18N2NaO4. The predicted octanol–water partition coefficient (Wildman–Crippen LogP) is 0.448. The van der Waals surface area contributed by atoms with Gasteiger partial charge in [-0.2, -0.15) is 79.0 Å². The second-order valence-corrected chi connectivity index (χ2v) is 7.54. The minimum Gasteiger partial charge on any atom is -0.548 e.